The second-order valence-electron chi connectivity index (χ2n) is 11.0. The molecule has 0 radical (unpaired) electrons. The lowest BCUT2D eigenvalue weighted by Gasteiger charge is -2.22. The van der Waals surface area contributed by atoms with E-state index in [-0.39, 0.29) is 22.6 Å². The number of anilines is 1. The molecule has 0 saturated carbocycles. The Balaban J connectivity index is 1.34. The van der Waals surface area contributed by atoms with Gasteiger partial charge in [0.05, 0.1) is 18.2 Å². The third-order valence-corrected chi connectivity index (χ3v) is 10.1. The largest absolute Gasteiger partial charge is 0.507 e. The fourth-order valence-electron chi connectivity index (χ4n) is 5.44. The maximum atomic E-state index is 13.7. The first-order chi connectivity index (χ1) is 21.8. The molecule has 6 rings (SSSR count). The molecule has 3 aromatic carbocycles. The minimum Gasteiger partial charge on any atom is -0.507 e. The number of carbonyl (C=O) groups excluding carboxylic acids is 2. The summed E-state index contributed by atoms with van der Waals surface area (Å²) < 4.78 is 12.4. The maximum absolute atomic E-state index is 13.7. The van der Waals surface area contributed by atoms with Crippen LogP contribution in [0.3, 0.4) is 0 Å². The number of nitrogens with zero attached hydrogens (tertiary/aromatic N) is 3. The second-order valence-corrected chi connectivity index (χ2v) is 13.6. The van der Waals surface area contributed by atoms with E-state index < -0.39 is 17.7 Å². The van der Waals surface area contributed by atoms with Gasteiger partial charge < -0.3 is 14.6 Å². The molecule has 0 spiro atoms. The summed E-state index contributed by atoms with van der Waals surface area (Å²) >= 11 is 8.71. The molecular formula is C34H32ClN3O5S2. The maximum Gasteiger partial charge on any atom is 0.301 e. The van der Waals surface area contributed by atoms with Crippen LogP contribution in [-0.2, 0) is 21.8 Å². The van der Waals surface area contributed by atoms with E-state index in [0.29, 0.717) is 45.0 Å². The van der Waals surface area contributed by atoms with Crippen LogP contribution in [-0.4, -0.2) is 39.7 Å². The van der Waals surface area contributed by atoms with Crippen LogP contribution in [0.2, 0.25) is 5.02 Å². The number of amides is 1. The third-order valence-electron chi connectivity index (χ3n) is 7.70. The topological polar surface area (TPSA) is 102 Å². The monoisotopic (exact) mass is 661 g/mol. The van der Waals surface area contributed by atoms with Crippen molar-refractivity contribution in [1.29, 1.82) is 0 Å². The number of ketones is 1. The van der Waals surface area contributed by atoms with E-state index in [1.807, 2.05) is 61.5 Å². The van der Waals surface area contributed by atoms with Crippen LogP contribution in [0, 0.1) is 0 Å². The lowest BCUT2D eigenvalue weighted by atomic mass is 9.94. The Hall–Kier alpha value is -3.86. The predicted octanol–water partition coefficient (Wildman–Crippen LogP) is 8.00. The molecule has 2 unspecified atom stereocenters. The molecule has 2 aliphatic heterocycles. The molecule has 3 heterocycles. The number of rotatable bonds is 11. The predicted molar refractivity (Wildman–Crippen MR) is 177 cm³/mol. The summed E-state index contributed by atoms with van der Waals surface area (Å²) in [6.45, 7) is 4.72. The fourth-order valence-corrected chi connectivity index (χ4v) is 7.39. The number of halogens is 1. The van der Waals surface area contributed by atoms with Crippen molar-refractivity contribution in [2.24, 2.45) is 0 Å². The number of aliphatic hydroxyl groups excluding tert-OH is 1. The summed E-state index contributed by atoms with van der Waals surface area (Å²) in [4.78, 5) is 28.7. The molecule has 0 aliphatic carbocycles. The number of hydrogen-bond acceptors (Lipinski definition) is 9. The number of benzene rings is 3. The molecule has 0 bridgehead atoms. The van der Waals surface area contributed by atoms with Gasteiger partial charge in [0.1, 0.15) is 23.4 Å². The smallest absolute Gasteiger partial charge is 0.301 e. The first kappa shape index (κ1) is 31.1. The number of Topliss-reactive ketones (excluding diaryl/α,β-unsaturated/α-hetero) is 1. The quantitative estimate of drug-likeness (QED) is 0.0431. The Bertz CT molecular complexity index is 1740. The fraction of sp³-hybridized carbons (Fsp3) is 0.294. The third kappa shape index (κ3) is 6.73. The van der Waals surface area contributed by atoms with Crippen LogP contribution in [0.15, 0.2) is 76.6 Å². The van der Waals surface area contributed by atoms with Crippen LogP contribution < -0.4 is 14.4 Å². The first-order valence-electron chi connectivity index (χ1n) is 14.9. The van der Waals surface area contributed by atoms with Crippen molar-refractivity contribution in [2.75, 3.05) is 11.5 Å². The Morgan fingerprint density at radius 3 is 2.62 bits per heavy atom. The molecule has 4 aromatic rings. The summed E-state index contributed by atoms with van der Waals surface area (Å²) in [6, 6.07) is 19.2. The van der Waals surface area contributed by atoms with Gasteiger partial charge in [-0.25, -0.2) is 0 Å². The molecule has 2 atom stereocenters. The highest BCUT2D eigenvalue weighted by Crippen LogP contribution is 2.45. The summed E-state index contributed by atoms with van der Waals surface area (Å²) in [7, 11) is 0. The van der Waals surface area contributed by atoms with Crippen molar-refractivity contribution < 1.29 is 24.2 Å². The summed E-state index contributed by atoms with van der Waals surface area (Å²) in [5, 5.41) is 21.2. The number of aliphatic hydroxyl groups is 1. The molecule has 45 heavy (non-hydrogen) atoms. The minimum atomic E-state index is -0.912. The van der Waals surface area contributed by atoms with Gasteiger partial charge in [-0.2, -0.15) is 0 Å². The van der Waals surface area contributed by atoms with Gasteiger partial charge in [0, 0.05) is 22.8 Å². The second kappa shape index (κ2) is 13.6. The van der Waals surface area contributed by atoms with Gasteiger partial charge in [-0.15, -0.1) is 10.2 Å². The zero-order chi connectivity index (χ0) is 31.5. The Morgan fingerprint density at radius 1 is 1.09 bits per heavy atom. The van der Waals surface area contributed by atoms with E-state index in [9.17, 15) is 14.7 Å². The van der Waals surface area contributed by atoms with Gasteiger partial charge in [0.25, 0.3) is 5.78 Å². The van der Waals surface area contributed by atoms with E-state index in [0.717, 1.165) is 36.1 Å². The Morgan fingerprint density at radius 2 is 1.87 bits per heavy atom. The molecule has 2 aliphatic rings. The average molecular weight is 662 g/mol. The Labute approximate surface area is 275 Å². The molecule has 1 N–H and O–H groups in total. The van der Waals surface area contributed by atoms with Crippen LogP contribution in [0.4, 0.5) is 5.13 Å². The van der Waals surface area contributed by atoms with Crippen molar-refractivity contribution in [1.82, 2.24) is 10.2 Å². The van der Waals surface area contributed by atoms with Crippen molar-refractivity contribution >= 4 is 57.3 Å². The highest BCUT2D eigenvalue weighted by atomic mass is 35.5. The van der Waals surface area contributed by atoms with Gasteiger partial charge in [0.15, 0.2) is 4.34 Å². The van der Waals surface area contributed by atoms with Crippen LogP contribution >= 0.6 is 34.7 Å². The molecule has 8 nitrogen and oxygen atoms in total. The highest BCUT2D eigenvalue weighted by Gasteiger charge is 2.48. The number of hydrogen-bond donors (Lipinski definition) is 1. The number of carbonyl (C=O) groups is 2. The van der Waals surface area contributed by atoms with Gasteiger partial charge in [-0.05, 0) is 72.5 Å². The van der Waals surface area contributed by atoms with E-state index in [2.05, 4.69) is 17.1 Å². The van der Waals surface area contributed by atoms with E-state index in [1.54, 1.807) is 12.1 Å². The number of fused-ring (bicyclic) bond motifs is 1. The van der Waals surface area contributed by atoms with Gasteiger partial charge >= 0.3 is 5.91 Å². The van der Waals surface area contributed by atoms with Crippen molar-refractivity contribution in [2.45, 2.75) is 61.8 Å². The van der Waals surface area contributed by atoms with E-state index in [1.165, 1.54) is 28.0 Å². The van der Waals surface area contributed by atoms with Gasteiger partial charge in [0.2, 0.25) is 5.13 Å². The molecule has 1 aromatic heterocycles. The molecule has 11 heteroatoms. The Kier molecular flexibility index (Phi) is 9.44. The number of thioether (sulfide) groups is 1. The summed E-state index contributed by atoms with van der Waals surface area (Å²) in [5.74, 6) is 0.274. The lowest BCUT2D eigenvalue weighted by Crippen LogP contribution is -2.29. The van der Waals surface area contributed by atoms with Crippen LogP contribution in [0.5, 0.6) is 11.5 Å². The number of aromatic nitrogens is 2. The molecule has 232 valence electrons. The standard InChI is InChI=1S/C34H32ClN3O5S2/c1-3-4-5-16-42-26-13-8-22(9-14-26)29-28(30(39)23-10-15-27-24(18-23)17-20(2)43-27)31(40)32(41)38(29)33-36-37-34(45-33)44-19-21-6-11-25(35)12-7-21/h6-15,18,20,29,39H,3-5,16-17,19H2,1-2H3/b30-28+. The molecule has 1 fully saturated rings. The molecule has 1 amide bonds. The van der Waals surface area contributed by atoms with Crippen molar-refractivity contribution in [3.05, 3.63) is 99.6 Å². The molecule has 1 saturated heterocycles. The van der Waals surface area contributed by atoms with Crippen LogP contribution in [0.1, 0.15) is 61.4 Å². The van der Waals surface area contributed by atoms with Gasteiger partial charge in [-0.3, -0.25) is 14.5 Å². The van der Waals surface area contributed by atoms with E-state index >= 15 is 0 Å². The van der Waals surface area contributed by atoms with E-state index in [4.69, 9.17) is 21.1 Å². The van der Waals surface area contributed by atoms with Crippen molar-refractivity contribution in [3.63, 3.8) is 0 Å². The van der Waals surface area contributed by atoms with Crippen LogP contribution in [0.25, 0.3) is 5.76 Å². The first-order valence-corrected chi connectivity index (χ1v) is 17.0. The minimum absolute atomic E-state index is 0.00547. The molecular weight excluding hydrogens is 630 g/mol. The average Bonchev–Trinajstić information content (AvgIpc) is 3.73. The van der Waals surface area contributed by atoms with Gasteiger partial charge in [-0.1, -0.05) is 78.7 Å². The highest BCUT2D eigenvalue weighted by molar-refractivity contribution is 8.00. The normalized spacial score (nSPS) is 18.7. The number of ether oxygens (including phenoxy) is 2. The lowest BCUT2D eigenvalue weighted by molar-refractivity contribution is -0.132. The summed E-state index contributed by atoms with van der Waals surface area (Å²) in [5.41, 5.74) is 3.08. The number of unbranched alkanes of at least 4 members (excludes halogenated alkanes) is 2. The summed E-state index contributed by atoms with van der Waals surface area (Å²) in [6.07, 6.45) is 3.86. The zero-order valence-corrected chi connectivity index (χ0v) is 27.3. The van der Waals surface area contributed by atoms with Crippen molar-refractivity contribution in [3.8, 4) is 11.5 Å². The SMILES string of the molecule is CCCCCOc1ccc(C2/C(=C(\O)c3ccc4c(c3)CC(C)O4)C(=O)C(=O)N2c2nnc(SCc3ccc(Cl)cc3)s2)cc1. The zero-order valence-electron chi connectivity index (χ0n) is 24.9.